The van der Waals surface area contributed by atoms with Gasteiger partial charge in [0, 0.05) is 11.1 Å². The Balaban J connectivity index is 3.38. The van der Waals surface area contributed by atoms with E-state index in [4.69, 9.17) is 0 Å². The Morgan fingerprint density at radius 1 is 0.929 bits per heavy atom. The third-order valence-electron chi connectivity index (χ3n) is 1.50. The Hall–Kier alpha value is -1.98. The minimum absolute atomic E-state index is 0.232. The molecule has 74 valence electrons. The van der Waals surface area contributed by atoms with Crippen LogP contribution in [-0.4, -0.2) is 11.9 Å². The van der Waals surface area contributed by atoms with Crippen LogP contribution >= 0.6 is 0 Å². The Morgan fingerprint density at radius 3 is 1.43 bits per heavy atom. The zero-order valence-corrected chi connectivity index (χ0v) is 6.54. The molecule has 0 aliphatic rings. The van der Waals surface area contributed by atoms with Crippen molar-refractivity contribution in [1.82, 2.24) is 0 Å². The van der Waals surface area contributed by atoms with Gasteiger partial charge in [-0.05, 0) is 12.1 Å². The van der Waals surface area contributed by atoms with Crippen LogP contribution in [0.2, 0.25) is 0 Å². The van der Waals surface area contributed by atoms with Gasteiger partial charge in [0.05, 0.1) is 11.9 Å². The van der Waals surface area contributed by atoms with Crippen LogP contribution in [0.5, 0.6) is 0 Å². The van der Waals surface area contributed by atoms with Gasteiger partial charge in [0.25, 0.3) is 0 Å². The summed E-state index contributed by atoms with van der Waals surface area (Å²) in [5.74, 6) is -6.62. The molecule has 0 fully saturated rings. The van der Waals surface area contributed by atoms with Gasteiger partial charge < -0.3 is 19.8 Å². The number of benzene rings is 1. The van der Waals surface area contributed by atoms with E-state index in [1.807, 2.05) is 0 Å². The van der Waals surface area contributed by atoms with E-state index in [9.17, 15) is 28.6 Å². The maximum absolute atomic E-state index is 12.8. The van der Waals surface area contributed by atoms with E-state index < -0.39 is 34.7 Å². The van der Waals surface area contributed by atoms with Crippen LogP contribution in [0.3, 0.4) is 0 Å². The van der Waals surface area contributed by atoms with E-state index in [0.29, 0.717) is 0 Å². The first-order chi connectivity index (χ1) is 6.43. The Labute approximate surface area is 76.4 Å². The average Bonchev–Trinajstić information content (AvgIpc) is 2.07. The van der Waals surface area contributed by atoms with Crippen molar-refractivity contribution in [1.29, 1.82) is 0 Å². The van der Waals surface area contributed by atoms with Crippen molar-refractivity contribution in [2.24, 2.45) is 0 Å². The van der Waals surface area contributed by atoms with E-state index in [-0.39, 0.29) is 12.1 Å². The zero-order chi connectivity index (χ0) is 10.9. The van der Waals surface area contributed by atoms with Crippen LogP contribution in [-0.2, 0) is 0 Å². The average molecular weight is 200 g/mol. The first kappa shape index (κ1) is 10.1. The third kappa shape index (κ3) is 1.68. The van der Waals surface area contributed by atoms with Crippen LogP contribution in [0.15, 0.2) is 12.1 Å². The molecular weight excluding hydrogens is 198 g/mol. The van der Waals surface area contributed by atoms with E-state index in [1.165, 1.54) is 0 Å². The fourth-order valence-electron chi connectivity index (χ4n) is 0.860. The molecule has 0 aliphatic heterocycles. The second kappa shape index (κ2) is 3.41. The lowest BCUT2D eigenvalue weighted by Crippen LogP contribution is -2.27. The third-order valence-corrected chi connectivity index (χ3v) is 1.50. The number of hydrogen-bond donors (Lipinski definition) is 0. The topological polar surface area (TPSA) is 80.3 Å². The number of carbonyl (C=O) groups excluding carboxylic acids is 2. The van der Waals surface area contributed by atoms with Gasteiger partial charge in [-0.1, -0.05) is 0 Å². The molecule has 0 radical (unpaired) electrons. The first-order valence-electron chi connectivity index (χ1n) is 3.35. The second-order valence-corrected chi connectivity index (χ2v) is 2.39. The molecule has 1 aromatic carbocycles. The summed E-state index contributed by atoms with van der Waals surface area (Å²) in [6.45, 7) is 0. The van der Waals surface area contributed by atoms with Crippen LogP contribution in [0.25, 0.3) is 0 Å². The normalized spacial score (nSPS) is 9.86. The van der Waals surface area contributed by atoms with E-state index in [2.05, 4.69) is 0 Å². The van der Waals surface area contributed by atoms with Gasteiger partial charge in [0.2, 0.25) is 0 Å². The fraction of sp³-hybridized carbons (Fsp3) is 0. The summed E-state index contributed by atoms with van der Waals surface area (Å²) in [5.41, 5.74) is -2.07. The number of rotatable bonds is 2. The number of halogens is 2. The van der Waals surface area contributed by atoms with E-state index in [0.717, 1.165) is 0 Å². The molecule has 0 aliphatic carbocycles. The highest BCUT2D eigenvalue weighted by Crippen LogP contribution is 2.13. The largest absolute Gasteiger partial charge is 0.545 e. The molecule has 4 nitrogen and oxygen atoms in total. The summed E-state index contributed by atoms with van der Waals surface area (Å²) in [6.07, 6.45) is 0. The molecule has 0 bridgehead atoms. The number of carboxylic acids is 2. The van der Waals surface area contributed by atoms with Gasteiger partial charge in [-0.3, -0.25) is 0 Å². The summed E-state index contributed by atoms with van der Waals surface area (Å²) in [6, 6.07) is 0.464. The molecular formula is C8H2F2O4-2. The highest BCUT2D eigenvalue weighted by molar-refractivity contribution is 5.90. The van der Waals surface area contributed by atoms with Crippen LogP contribution in [0.4, 0.5) is 8.78 Å². The monoisotopic (exact) mass is 200 g/mol. The predicted octanol–water partition coefficient (Wildman–Crippen LogP) is -1.31. The number of carbonyl (C=O) groups is 2. The van der Waals surface area contributed by atoms with Crippen molar-refractivity contribution in [3.8, 4) is 0 Å². The van der Waals surface area contributed by atoms with Gasteiger partial charge in [0.1, 0.15) is 11.6 Å². The molecule has 0 saturated carbocycles. The molecule has 0 atom stereocenters. The number of aromatic carboxylic acids is 2. The number of carboxylic acid groups (broad SMARTS) is 2. The Bertz CT molecular complexity index is 374. The second-order valence-electron chi connectivity index (χ2n) is 2.39. The lowest BCUT2D eigenvalue weighted by Gasteiger charge is -2.08. The quantitative estimate of drug-likeness (QED) is 0.593. The molecule has 1 rings (SSSR count). The molecule has 6 heteroatoms. The smallest absolute Gasteiger partial charge is 0.133 e. The highest BCUT2D eigenvalue weighted by atomic mass is 19.1. The summed E-state index contributed by atoms with van der Waals surface area (Å²) >= 11 is 0. The molecule has 0 N–H and O–H groups in total. The van der Waals surface area contributed by atoms with Gasteiger partial charge in [0.15, 0.2) is 0 Å². The Kier molecular flexibility index (Phi) is 2.46. The summed E-state index contributed by atoms with van der Waals surface area (Å²) in [5, 5.41) is 20.3. The van der Waals surface area contributed by atoms with Crippen molar-refractivity contribution < 1.29 is 28.6 Å². The maximum atomic E-state index is 12.8. The number of hydrogen-bond acceptors (Lipinski definition) is 4. The van der Waals surface area contributed by atoms with Crippen molar-refractivity contribution in [2.45, 2.75) is 0 Å². The molecule has 0 unspecified atom stereocenters. The molecule has 14 heavy (non-hydrogen) atoms. The SMILES string of the molecule is O=C([O-])c1cc(F)c(C(=O)[O-])cc1F. The van der Waals surface area contributed by atoms with Crippen LogP contribution in [0, 0.1) is 11.6 Å². The first-order valence-corrected chi connectivity index (χ1v) is 3.35. The van der Waals surface area contributed by atoms with Crippen molar-refractivity contribution in [2.75, 3.05) is 0 Å². The molecule has 0 amide bonds. The summed E-state index contributed by atoms with van der Waals surface area (Å²) in [7, 11) is 0. The molecule has 0 spiro atoms. The van der Waals surface area contributed by atoms with Crippen LogP contribution in [0.1, 0.15) is 20.7 Å². The molecule has 0 aromatic heterocycles. The minimum atomic E-state index is -1.92. The molecule has 1 aromatic rings. The van der Waals surface area contributed by atoms with E-state index >= 15 is 0 Å². The highest BCUT2D eigenvalue weighted by Gasteiger charge is 2.10. The fourth-order valence-corrected chi connectivity index (χ4v) is 0.860. The van der Waals surface area contributed by atoms with Crippen molar-refractivity contribution >= 4 is 11.9 Å². The molecule has 0 saturated heterocycles. The van der Waals surface area contributed by atoms with Gasteiger partial charge >= 0.3 is 0 Å². The standard InChI is InChI=1S/C8H4F2O4/c9-5-1-3(7(11)12)6(10)2-4(5)8(13)14/h1-2H,(H,11,12)(H,13,14)/p-2. The summed E-state index contributed by atoms with van der Waals surface area (Å²) < 4.78 is 25.5. The zero-order valence-electron chi connectivity index (χ0n) is 6.54. The Morgan fingerprint density at radius 2 is 1.21 bits per heavy atom. The maximum Gasteiger partial charge on any atom is 0.133 e. The van der Waals surface area contributed by atoms with Gasteiger partial charge in [-0.25, -0.2) is 8.78 Å². The summed E-state index contributed by atoms with van der Waals surface area (Å²) in [4.78, 5) is 20.3. The predicted molar refractivity (Wildman–Crippen MR) is 35.0 cm³/mol. The lowest BCUT2D eigenvalue weighted by molar-refractivity contribution is -0.257. The lowest BCUT2D eigenvalue weighted by atomic mass is 10.1. The van der Waals surface area contributed by atoms with Crippen LogP contribution < -0.4 is 10.2 Å². The van der Waals surface area contributed by atoms with Crippen molar-refractivity contribution in [3.05, 3.63) is 34.9 Å². The van der Waals surface area contributed by atoms with Crippen molar-refractivity contribution in [3.63, 3.8) is 0 Å². The van der Waals surface area contributed by atoms with Gasteiger partial charge in [-0.15, -0.1) is 0 Å². The molecule has 0 heterocycles. The van der Waals surface area contributed by atoms with Gasteiger partial charge in [-0.2, -0.15) is 0 Å². The minimum Gasteiger partial charge on any atom is -0.545 e. The van der Waals surface area contributed by atoms with E-state index in [1.54, 1.807) is 0 Å².